The van der Waals surface area contributed by atoms with E-state index >= 15 is 0 Å². The summed E-state index contributed by atoms with van der Waals surface area (Å²) in [5.74, 6) is -0.223. The molecule has 1 amide bonds. The Bertz CT molecular complexity index is 610. The van der Waals surface area contributed by atoms with Crippen LogP contribution in [0.4, 0.5) is 0 Å². The van der Waals surface area contributed by atoms with Crippen LogP contribution in [0.3, 0.4) is 0 Å². The summed E-state index contributed by atoms with van der Waals surface area (Å²) in [4.78, 5) is 21.6. The number of carbonyl (C=O) groups excluding carboxylic acids is 1. The lowest BCUT2D eigenvalue weighted by molar-refractivity contribution is -0.0779. The van der Waals surface area contributed by atoms with E-state index in [4.69, 9.17) is 4.84 Å². The molecule has 1 aliphatic rings. The van der Waals surface area contributed by atoms with E-state index in [1.165, 1.54) is 5.06 Å². The molecule has 18 heavy (non-hydrogen) atoms. The Morgan fingerprint density at radius 1 is 1.61 bits per heavy atom. The van der Waals surface area contributed by atoms with Gasteiger partial charge in [-0.1, -0.05) is 0 Å². The number of rotatable bonds is 1. The van der Waals surface area contributed by atoms with Crippen molar-refractivity contribution in [3.05, 3.63) is 28.8 Å². The van der Waals surface area contributed by atoms with Crippen LogP contribution in [0.5, 0.6) is 0 Å². The summed E-state index contributed by atoms with van der Waals surface area (Å²) in [6, 6.07) is 5.38. The predicted octanol–water partition coefficient (Wildman–Crippen LogP) is 1.35. The summed E-state index contributed by atoms with van der Waals surface area (Å²) in [6.45, 7) is 2.33. The maximum absolute atomic E-state index is 12.1. The molecule has 1 N–H and O–H groups in total. The van der Waals surface area contributed by atoms with Crippen molar-refractivity contribution in [3.8, 4) is 0 Å². The number of β-amino-alcohol motifs (C(OH)–C–C–N with tert-alkyl or cyclic N) is 1. The van der Waals surface area contributed by atoms with Crippen LogP contribution in [0, 0.1) is 6.92 Å². The van der Waals surface area contributed by atoms with E-state index in [1.807, 2.05) is 19.1 Å². The number of nitrogens with zero attached hydrogens (tertiary/aromatic N) is 2. The molecule has 3 rings (SSSR count). The molecule has 2 aromatic rings. The van der Waals surface area contributed by atoms with E-state index in [2.05, 4.69) is 4.98 Å². The van der Waals surface area contributed by atoms with Gasteiger partial charge in [0, 0.05) is 5.56 Å². The van der Waals surface area contributed by atoms with Crippen molar-refractivity contribution < 1.29 is 14.7 Å². The standard InChI is InChI=1S/C12H12N2O3S/c1-7-13-10-3-2-8(4-11(10)18-7)12(16)14-5-9(15)6-17-14/h2-4,9,15H,5-6H2,1H3. The van der Waals surface area contributed by atoms with Crippen molar-refractivity contribution in [2.75, 3.05) is 13.2 Å². The first-order valence-electron chi connectivity index (χ1n) is 5.63. The van der Waals surface area contributed by atoms with E-state index < -0.39 is 6.10 Å². The molecule has 1 unspecified atom stereocenters. The summed E-state index contributed by atoms with van der Waals surface area (Å²) < 4.78 is 0.984. The number of aromatic nitrogens is 1. The molecule has 2 heterocycles. The molecule has 0 bridgehead atoms. The molecule has 1 aromatic heterocycles. The third-order valence-electron chi connectivity index (χ3n) is 2.77. The molecular formula is C12H12N2O3S. The lowest BCUT2D eigenvalue weighted by Crippen LogP contribution is -2.28. The van der Waals surface area contributed by atoms with E-state index in [0.29, 0.717) is 5.56 Å². The summed E-state index contributed by atoms with van der Waals surface area (Å²) in [7, 11) is 0. The quantitative estimate of drug-likeness (QED) is 0.844. The lowest BCUT2D eigenvalue weighted by atomic mass is 10.2. The third kappa shape index (κ3) is 1.98. The second-order valence-corrected chi connectivity index (χ2v) is 5.47. The molecule has 1 saturated heterocycles. The van der Waals surface area contributed by atoms with Crippen molar-refractivity contribution in [1.82, 2.24) is 10.0 Å². The molecule has 0 spiro atoms. The predicted molar refractivity (Wildman–Crippen MR) is 67.4 cm³/mol. The second-order valence-electron chi connectivity index (χ2n) is 4.23. The number of hydroxylamine groups is 2. The number of amides is 1. The SMILES string of the molecule is Cc1nc2ccc(C(=O)N3CC(O)CO3)cc2s1. The zero-order valence-electron chi connectivity index (χ0n) is 9.79. The zero-order chi connectivity index (χ0) is 12.7. The molecule has 6 heteroatoms. The molecule has 0 aliphatic carbocycles. The van der Waals surface area contributed by atoms with Crippen LogP contribution >= 0.6 is 11.3 Å². The van der Waals surface area contributed by atoms with Gasteiger partial charge in [-0.3, -0.25) is 9.63 Å². The first-order chi connectivity index (χ1) is 8.63. The number of aryl methyl sites for hydroxylation is 1. The van der Waals surface area contributed by atoms with Crippen molar-refractivity contribution >= 4 is 27.5 Å². The largest absolute Gasteiger partial charge is 0.389 e. The summed E-state index contributed by atoms with van der Waals surface area (Å²) >= 11 is 1.55. The minimum absolute atomic E-state index is 0.174. The Morgan fingerprint density at radius 3 is 3.17 bits per heavy atom. The molecule has 0 saturated carbocycles. The van der Waals surface area contributed by atoms with Crippen LogP contribution in [-0.4, -0.2) is 40.3 Å². The van der Waals surface area contributed by atoms with Gasteiger partial charge in [-0.2, -0.15) is 0 Å². The highest BCUT2D eigenvalue weighted by atomic mass is 32.1. The topological polar surface area (TPSA) is 62.7 Å². The van der Waals surface area contributed by atoms with Crippen LogP contribution < -0.4 is 0 Å². The highest BCUT2D eigenvalue weighted by Gasteiger charge is 2.27. The maximum atomic E-state index is 12.1. The lowest BCUT2D eigenvalue weighted by Gasteiger charge is -2.13. The molecule has 0 radical (unpaired) electrons. The number of benzene rings is 1. The summed E-state index contributed by atoms with van der Waals surface area (Å²) in [5, 5.41) is 11.5. The first-order valence-corrected chi connectivity index (χ1v) is 6.45. The molecular weight excluding hydrogens is 252 g/mol. The Morgan fingerprint density at radius 2 is 2.44 bits per heavy atom. The average Bonchev–Trinajstić information content (AvgIpc) is 2.92. The normalized spacial score (nSPS) is 19.7. The third-order valence-corrected chi connectivity index (χ3v) is 3.70. The van der Waals surface area contributed by atoms with Gasteiger partial charge in [0.05, 0.1) is 21.8 Å². The fourth-order valence-corrected chi connectivity index (χ4v) is 2.80. The van der Waals surface area contributed by atoms with Crippen molar-refractivity contribution in [1.29, 1.82) is 0 Å². The Balaban J connectivity index is 1.91. The van der Waals surface area contributed by atoms with Crippen LogP contribution in [-0.2, 0) is 4.84 Å². The van der Waals surface area contributed by atoms with E-state index in [1.54, 1.807) is 17.4 Å². The number of carbonyl (C=O) groups is 1. The number of hydrogen-bond donors (Lipinski definition) is 1. The van der Waals surface area contributed by atoms with Gasteiger partial charge < -0.3 is 5.11 Å². The molecule has 94 valence electrons. The fraction of sp³-hybridized carbons (Fsp3) is 0.333. The number of aliphatic hydroxyl groups excluding tert-OH is 1. The summed E-state index contributed by atoms with van der Waals surface area (Å²) in [5.41, 5.74) is 1.46. The molecule has 1 aliphatic heterocycles. The van der Waals surface area contributed by atoms with Gasteiger partial charge in [0.15, 0.2) is 0 Å². The van der Waals surface area contributed by atoms with Gasteiger partial charge in [-0.15, -0.1) is 11.3 Å². The highest BCUT2D eigenvalue weighted by molar-refractivity contribution is 7.18. The highest BCUT2D eigenvalue weighted by Crippen LogP contribution is 2.23. The van der Waals surface area contributed by atoms with E-state index in [0.717, 1.165) is 15.2 Å². The van der Waals surface area contributed by atoms with Crippen LogP contribution in [0.1, 0.15) is 15.4 Å². The smallest absolute Gasteiger partial charge is 0.277 e. The van der Waals surface area contributed by atoms with E-state index in [-0.39, 0.29) is 19.1 Å². The van der Waals surface area contributed by atoms with Crippen molar-refractivity contribution in [3.63, 3.8) is 0 Å². The minimum Gasteiger partial charge on any atom is -0.389 e. The Labute approximate surface area is 108 Å². The molecule has 1 atom stereocenters. The van der Waals surface area contributed by atoms with Crippen LogP contribution in [0.25, 0.3) is 10.2 Å². The first kappa shape index (κ1) is 11.6. The van der Waals surface area contributed by atoms with Gasteiger partial charge in [-0.05, 0) is 25.1 Å². The van der Waals surface area contributed by atoms with Crippen LogP contribution in [0.15, 0.2) is 18.2 Å². The maximum Gasteiger partial charge on any atom is 0.277 e. The molecule has 5 nitrogen and oxygen atoms in total. The van der Waals surface area contributed by atoms with Gasteiger partial charge in [0.2, 0.25) is 0 Å². The van der Waals surface area contributed by atoms with Gasteiger partial charge in [0.25, 0.3) is 5.91 Å². The van der Waals surface area contributed by atoms with Crippen molar-refractivity contribution in [2.45, 2.75) is 13.0 Å². The number of aliphatic hydroxyl groups is 1. The van der Waals surface area contributed by atoms with Gasteiger partial charge >= 0.3 is 0 Å². The summed E-state index contributed by atoms with van der Waals surface area (Å²) in [6.07, 6.45) is -0.594. The Kier molecular flexibility index (Phi) is 2.77. The minimum atomic E-state index is -0.594. The van der Waals surface area contributed by atoms with Crippen LogP contribution in [0.2, 0.25) is 0 Å². The number of hydrogen-bond acceptors (Lipinski definition) is 5. The van der Waals surface area contributed by atoms with E-state index in [9.17, 15) is 9.90 Å². The van der Waals surface area contributed by atoms with Gasteiger partial charge in [0.1, 0.15) is 12.7 Å². The fourth-order valence-electron chi connectivity index (χ4n) is 1.93. The monoisotopic (exact) mass is 264 g/mol. The molecule has 1 fully saturated rings. The average molecular weight is 264 g/mol. The zero-order valence-corrected chi connectivity index (χ0v) is 10.6. The number of thiazole rings is 1. The van der Waals surface area contributed by atoms with Gasteiger partial charge in [-0.25, -0.2) is 10.0 Å². The molecule has 1 aromatic carbocycles. The Hall–Kier alpha value is -1.50. The number of fused-ring (bicyclic) bond motifs is 1. The van der Waals surface area contributed by atoms with Crippen molar-refractivity contribution in [2.24, 2.45) is 0 Å². The second kappa shape index (κ2) is 4.31.